The maximum absolute atomic E-state index is 12.5. The lowest BCUT2D eigenvalue weighted by Gasteiger charge is -2.57. The highest BCUT2D eigenvalue weighted by Gasteiger charge is 2.59. The van der Waals surface area contributed by atoms with Crippen molar-refractivity contribution in [2.45, 2.75) is 59.3 Å². The Hall–Kier alpha value is -1.18. The summed E-state index contributed by atoms with van der Waals surface area (Å²) in [4.78, 5) is 24.4. The maximum atomic E-state index is 12.5. The van der Waals surface area contributed by atoms with Crippen LogP contribution in [-0.4, -0.2) is 11.6 Å². The van der Waals surface area contributed by atoms with Gasteiger partial charge in [0.15, 0.2) is 5.78 Å². The van der Waals surface area contributed by atoms with Gasteiger partial charge in [-0.15, -0.1) is 0 Å². The van der Waals surface area contributed by atoms with Crippen LogP contribution in [0.5, 0.6) is 0 Å². The van der Waals surface area contributed by atoms with Crippen LogP contribution < -0.4 is 0 Å². The van der Waals surface area contributed by atoms with Gasteiger partial charge in [-0.25, -0.2) is 0 Å². The number of Topliss-reactive ketones (excluding diaryl/α,β-unsaturated/α-hetero) is 1. The molecule has 4 aliphatic carbocycles. The highest BCUT2D eigenvalue weighted by molar-refractivity contribution is 6.01. The monoisotopic (exact) mass is 312 g/mol. The normalized spacial score (nSPS) is 48.6. The average molecular weight is 312 g/mol. The highest BCUT2D eigenvalue weighted by atomic mass is 16.1. The zero-order valence-electron chi connectivity index (χ0n) is 14.6. The molecule has 2 nitrogen and oxygen atoms in total. The number of hydrogen-bond donors (Lipinski definition) is 0. The Kier molecular flexibility index (Phi) is 3.28. The minimum Gasteiger partial charge on any atom is -0.299 e. The second-order valence-electron chi connectivity index (χ2n) is 8.75. The number of rotatable bonds is 1. The lowest BCUT2D eigenvalue weighted by atomic mass is 9.46. The third kappa shape index (κ3) is 1.93. The van der Waals surface area contributed by atoms with Gasteiger partial charge < -0.3 is 0 Å². The van der Waals surface area contributed by atoms with Crippen LogP contribution in [0.4, 0.5) is 0 Å². The molecule has 0 bridgehead atoms. The fourth-order valence-corrected chi connectivity index (χ4v) is 6.58. The van der Waals surface area contributed by atoms with Gasteiger partial charge in [0.1, 0.15) is 5.78 Å². The van der Waals surface area contributed by atoms with Crippen molar-refractivity contribution in [1.82, 2.24) is 0 Å². The van der Waals surface area contributed by atoms with Gasteiger partial charge in [-0.05, 0) is 67.9 Å². The molecule has 124 valence electrons. The van der Waals surface area contributed by atoms with Crippen molar-refractivity contribution < 1.29 is 9.59 Å². The van der Waals surface area contributed by atoms with Crippen LogP contribution in [0.15, 0.2) is 23.8 Å². The van der Waals surface area contributed by atoms with Crippen LogP contribution in [0.1, 0.15) is 59.3 Å². The van der Waals surface area contributed by atoms with Crippen LogP contribution >= 0.6 is 0 Å². The molecule has 0 heterocycles. The fourth-order valence-electron chi connectivity index (χ4n) is 6.58. The van der Waals surface area contributed by atoms with Gasteiger partial charge in [-0.2, -0.15) is 0 Å². The topological polar surface area (TPSA) is 34.1 Å². The maximum Gasteiger partial charge on any atom is 0.178 e. The third-order valence-electron chi connectivity index (χ3n) is 7.92. The number of fused-ring (bicyclic) bond motifs is 5. The standard InChI is InChI=1S/C21H28O2/c1-4-13-11-15-16-5-6-19(23)21(16,3)10-8-17(15)20(2)9-7-14(22)12-18(13)20/h7,9,12-13,15-17H,4-6,8,10-11H2,1-3H3/t13?,15?,16?,17?,20-,21+/m1/s1. The van der Waals surface area contributed by atoms with Gasteiger partial charge in [-0.1, -0.05) is 32.4 Å². The summed E-state index contributed by atoms with van der Waals surface area (Å²) in [6, 6.07) is 0. The Morgan fingerprint density at radius 3 is 2.70 bits per heavy atom. The molecule has 3 fully saturated rings. The fraction of sp³-hybridized carbons (Fsp3) is 0.714. The molecule has 0 aromatic carbocycles. The second kappa shape index (κ2) is 4.91. The van der Waals surface area contributed by atoms with Crippen LogP contribution in [0.25, 0.3) is 0 Å². The lowest BCUT2D eigenvalue weighted by molar-refractivity contribution is -0.132. The molecule has 0 amide bonds. The molecule has 0 N–H and O–H groups in total. The predicted octanol–water partition coefficient (Wildman–Crippen LogP) is 4.50. The molecule has 0 aliphatic heterocycles. The van der Waals surface area contributed by atoms with Gasteiger partial charge in [0, 0.05) is 17.3 Å². The van der Waals surface area contributed by atoms with E-state index in [1.54, 1.807) is 6.08 Å². The van der Waals surface area contributed by atoms with Crippen molar-refractivity contribution >= 4 is 11.6 Å². The molecule has 2 heteroatoms. The summed E-state index contributed by atoms with van der Waals surface area (Å²) in [5, 5.41) is 0. The minimum absolute atomic E-state index is 0.0322. The molecule has 23 heavy (non-hydrogen) atoms. The Labute approximate surface area is 139 Å². The van der Waals surface area contributed by atoms with E-state index in [-0.39, 0.29) is 16.6 Å². The van der Waals surface area contributed by atoms with Crippen LogP contribution in [0.2, 0.25) is 0 Å². The summed E-state index contributed by atoms with van der Waals surface area (Å²) >= 11 is 0. The summed E-state index contributed by atoms with van der Waals surface area (Å²) in [7, 11) is 0. The van der Waals surface area contributed by atoms with Crippen LogP contribution in [0, 0.1) is 34.5 Å². The van der Waals surface area contributed by atoms with Crippen LogP contribution in [0.3, 0.4) is 0 Å². The van der Waals surface area contributed by atoms with Gasteiger partial charge in [0.25, 0.3) is 0 Å². The van der Waals surface area contributed by atoms with Gasteiger partial charge in [0.2, 0.25) is 0 Å². The number of hydrogen-bond acceptors (Lipinski definition) is 2. The molecule has 4 aliphatic rings. The predicted molar refractivity (Wildman–Crippen MR) is 90.8 cm³/mol. The van der Waals surface area contributed by atoms with E-state index in [0.717, 1.165) is 32.1 Å². The number of carbonyl (C=O) groups is 2. The number of carbonyl (C=O) groups excluding carboxylic acids is 2. The molecule has 0 aromatic heterocycles. The van der Waals surface area contributed by atoms with Crippen molar-refractivity contribution in [1.29, 1.82) is 0 Å². The smallest absolute Gasteiger partial charge is 0.178 e. The van der Waals surface area contributed by atoms with Crippen molar-refractivity contribution in [2.75, 3.05) is 0 Å². The first-order valence-electron chi connectivity index (χ1n) is 9.38. The highest BCUT2D eigenvalue weighted by Crippen LogP contribution is 2.64. The van der Waals surface area contributed by atoms with E-state index in [1.165, 1.54) is 12.0 Å². The molecule has 4 unspecified atom stereocenters. The summed E-state index contributed by atoms with van der Waals surface area (Å²) in [5.74, 6) is 2.98. The van der Waals surface area contributed by atoms with E-state index < -0.39 is 0 Å². The largest absolute Gasteiger partial charge is 0.299 e. The van der Waals surface area contributed by atoms with E-state index >= 15 is 0 Å². The first kappa shape index (κ1) is 15.4. The van der Waals surface area contributed by atoms with E-state index in [4.69, 9.17) is 0 Å². The third-order valence-corrected chi connectivity index (χ3v) is 7.92. The van der Waals surface area contributed by atoms with E-state index in [9.17, 15) is 9.59 Å². The Morgan fingerprint density at radius 2 is 1.96 bits per heavy atom. The van der Waals surface area contributed by atoms with E-state index in [2.05, 4.69) is 26.8 Å². The summed E-state index contributed by atoms with van der Waals surface area (Å²) in [5.41, 5.74) is 1.34. The Balaban J connectivity index is 1.77. The van der Waals surface area contributed by atoms with Gasteiger partial charge in [-0.3, -0.25) is 9.59 Å². The first-order valence-corrected chi connectivity index (χ1v) is 9.38. The molecule has 4 rings (SSSR count). The molecule has 0 saturated heterocycles. The quantitative estimate of drug-likeness (QED) is 0.714. The first-order chi connectivity index (χ1) is 10.9. The second-order valence-corrected chi connectivity index (χ2v) is 8.75. The van der Waals surface area contributed by atoms with Crippen molar-refractivity contribution in [3.05, 3.63) is 23.8 Å². The average Bonchev–Trinajstić information content (AvgIpc) is 2.83. The molecule has 0 radical (unpaired) electrons. The number of ketones is 2. The zero-order valence-corrected chi connectivity index (χ0v) is 14.6. The van der Waals surface area contributed by atoms with E-state index in [0.29, 0.717) is 29.5 Å². The summed E-state index contributed by atoms with van der Waals surface area (Å²) in [6.07, 6.45) is 12.2. The van der Waals surface area contributed by atoms with Gasteiger partial charge in [0.05, 0.1) is 0 Å². The molecule has 3 saturated carbocycles. The SMILES string of the molecule is CCC1CC2C(CC[C@]3(C)C(=O)CCC23)[C@@]2(C)C=CC(=O)C=C12. The van der Waals surface area contributed by atoms with E-state index in [1.807, 2.05) is 6.08 Å². The minimum atomic E-state index is -0.0642. The Bertz CT molecular complexity index is 628. The molecule has 0 aromatic rings. The summed E-state index contributed by atoms with van der Waals surface area (Å²) < 4.78 is 0. The number of allylic oxidation sites excluding steroid dienone is 4. The van der Waals surface area contributed by atoms with Crippen molar-refractivity contribution in [3.8, 4) is 0 Å². The molecular formula is C21H28O2. The van der Waals surface area contributed by atoms with Gasteiger partial charge >= 0.3 is 0 Å². The molecule has 6 atom stereocenters. The summed E-state index contributed by atoms with van der Waals surface area (Å²) in [6.45, 7) is 6.83. The Morgan fingerprint density at radius 1 is 1.17 bits per heavy atom. The molecule has 0 spiro atoms. The zero-order chi connectivity index (χ0) is 16.4. The van der Waals surface area contributed by atoms with Crippen LogP contribution in [-0.2, 0) is 9.59 Å². The van der Waals surface area contributed by atoms with Crippen molar-refractivity contribution in [2.24, 2.45) is 34.5 Å². The lowest BCUT2D eigenvalue weighted by Crippen LogP contribution is -2.51. The van der Waals surface area contributed by atoms with Crippen molar-refractivity contribution in [3.63, 3.8) is 0 Å². The molecular weight excluding hydrogens is 284 g/mol.